The summed E-state index contributed by atoms with van der Waals surface area (Å²) in [5, 5.41) is 4.02. The predicted octanol–water partition coefficient (Wildman–Crippen LogP) is 4.87. The summed E-state index contributed by atoms with van der Waals surface area (Å²) < 4.78 is 6.85. The van der Waals surface area contributed by atoms with E-state index >= 15 is 0 Å². The van der Waals surface area contributed by atoms with Gasteiger partial charge in [0.25, 0.3) is 0 Å². The summed E-state index contributed by atoms with van der Waals surface area (Å²) in [5.74, 6) is 1.28. The number of nitrogens with one attached hydrogen (secondary N) is 1. The predicted molar refractivity (Wildman–Crippen MR) is 92.4 cm³/mol. The molecule has 0 heterocycles. The normalized spacial score (nSPS) is 12.1. The van der Waals surface area contributed by atoms with Gasteiger partial charge in [0.15, 0.2) is 0 Å². The number of rotatable bonds is 7. The average molecular weight is 369 g/mol. The molecule has 0 amide bonds. The van der Waals surface area contributed by atoms with Crippen LogP contribution in [0.2, 0.25) is 5.02 Å². The number of halogens is 2. The van der Waals surface area contributed by atoms with Crippen molar-refractivity contribution >= 4 is 27.5 Å². The van der Waals surface area contributed by atoms with Crippen molar-refractivity contribution in [1.82, 2.24) is 5.32 Å². The minimum absolute atomic E-state index is 0.390. The van der Waals surface area contributed by atoms with Gasteiger partial charge >= 0.3 is 0 Å². The standard InChI is InChI=1S/C17H19BrClNO/c1-20-12-14(13-4-2-6-16(19)10-13)8-9-21-17-7-3-5-15(18)11-17/h2-7,10-11,14,20H,8-9,12H2,1H3. The molecule has 21 heavy (non-hydrogen) atoms. The molecular weight excluding hydrogens is 350 g/mol. The van der Waals surface area contributed by atoms with Crippen LogP contribution in [0.1, 0.15) is 17.9 Å². The maximum absolute atomic E-state index is 6.08. The molecule has 2 aromatic carbocycles. The molecule has 0 saturated carbocycles. The van der Waals surface area contributed by atoms with E-state index in [2.05, 4.69) is 27.3 Å². The van der Waals surface area contributed by atoms with Gasteiger partial charge in [0.1, 0.15) is 5.75 Å². The molecule has 0 bridgehead atoms. The Morgan fingerprint density at radius 3 is 2.71 bits per heavy atom. The zero-order valence-electron chi connectivity index (χ0n) is 12.0. The van der Waals surface area contributed by atoms with Gasteiger partial charge in [-0.2, -0.15) is 0 Å². The van der Waals surface area contributed by atoms with Crippen LogP contribution in [0.4, 0.5) is 0 Å². The summed E-state index contributed by atoms with van der Waals surface area (Å²) in [6.45, 7) is 1.58. The van der Waals surface area contributed by atoms with Gasteiger partial charge in [-0.15, -0.1) is 0 Å². The molecule has 0 saturated heterocycles. The molecule has 0 fully saturated rings. The minimum atomic E-state index is 0.390. The third-order valence-corrected chi connectivity index (χ3v) is 4.03. The lowest BCUT2D eigenvalue weighted by molar-refractivity contribution is 0.296. The van der Waals surface area contributed by atoms with Crippen molar-refractivity contribution in [3.8, 4) is 5.75 Å². The van der Waals surface area contributed by atoms with Crippen molar-refractivity contribution < 1.29 is 4.74 Å². The first-order valence-corrected chi connectivity index (χ1v) is 8.14. The molecule has 1 N–H and O–H groups in total. The fraction of sp³-hybridized carbons (Fsp3) is 0.294. The van der Waals surface area contributed by atoms with E-state index in [-0.39, 0.29) is 0 Å². The molecule has 2 rings (SSSR count). The zero-order valence-corrected chi connectivity index (χ0v) is 14.3. The fourth-order valence-electron chi connectivity index (χ4n) is 2.27. The number of benzene rings is 2. The molecule has 0 radical (unpaired) electrons. The summed E-state index contributed by atoms with van der Waals surface area (Å²) in [5.41, 5.74) is 1.25. The van der Waals surface area contributed by atoms with Crippen LogP contribution in [-0.2, 0) is 0 Å². The van der Waals surface area contributed by atoms with Crippen molar-refractivity contribution in [1.29, 1.82) is 0 Å². The maximum atomic E-state index is 6.08. The molecule has 2 aromatic rings. The van der Waals surface area contributed by atoms with E-state index in [9.17, 15) is 0 Å². The minimum Gasteiger partial charge on any atom is -0.494 e. The Bertz CT molecular complexity index is 576. The molecule has 0 aromatic heterocycles. The summed E-state index contributed by atoms with van der Waals surface area (Å²) in [6.07, 6.45) is 0.938. The Hall–Kier alpha value is -1.03. The number of hydrogen-bond donors (Lipinski definition) is 1. The third-order valence-electron chi connectivity index (χ3n) is 3.30. The highest BCUT2D eigenvalue weighted by atomic mass is 79.9. The Morgan fingerprint density at radius 1 is 1.19 bits per heavy atom. The van der Waals surface area contributed by atoms with Gasteiger partial charge in [0, 0.05) is 16.0 Å². The van der Waals surface area contributed by atoms with Crippen molar-refractivity contribution in [3.63, 3.8) is 0 Å². The zero-order chi connectivity index (χ0) is 15.1. The number of likely N-dealkylation sites (N-methyl/N-ethyl adjacent to an activating group) is 1. The van der Waals surface area contributed by atoms with Gasteiger partial charge in [-0.1, -0.05) is 45.7 Å². The van der Waals surface area contributed by atoms with Gasteiger partial charge in [-0.3, -0.25) is 0 Å². The Balaban J connectivity index is 1.94. The first-order chi connectivity index (χ1) is 10.2. The maximum Gasteiger partial charge on any atom is 0.120 e. The highest BCUT2D eigenvalue weighted by Crippen LogP contribution is 2.23. The molecule has 4 heteroatoms. The molecule has 1 unspecified atom stereocenters. The van der Waals surface area contributed by atoms with Gasteiger partial charge in [0.2, 0.25) is 0 Å². The molecule has 0 aliphatic heterocycles. The van der Waals surface area contributed by atoms with Crippen LogP contribution in [0.25, 0.3) is 0 Å². The molecule has 0 spiro atoms. The van der Waals surface area contributed by atoms with E-state index in [0.717, 1.165) is 28.2 Å². The lowest BCUT2D eigenvalue weighted by Gasteiger charge is -2.17. The van der Waals surface area contributed by atoms with Gasteiger partial charge in [0.05, 0.1) is 6.61 Å². The smallest absolute Gasteiger partial charge is 0.120 e. The van der Waals surface area contributed by atoms with Crippen LogP contribution in [0.5, 0.6) is 5.75 Å². The van der Waals surface area contributed by atoms with Crippen molar-refractivity contribution in [2.75, 3.05) is 20.2 Å². The second-order valence-electron chi connectivity index (χ2n) is 4.90. The Kier molecular flexibility index (Phi) is 6.55. The van der Waals surface area contributed by atoms with Gasteiger partial charge in [-0.05, 0) is 55.3 Å². The lowest BCUT2D eigenvalue weighted by Crippen LogP contribution is -2.19. The second kappa shape index (κ2) is 8.42. The van der Waals surface area contributed by atoms with Crippen molar-refractivity contribution in [2.45, 2.75) is 12.3 Å². The van der Waals surface area contributed by atoms with Crippen LogP contribution >= 0.6 is 27.5 Å². The molecule has 0 aliphatic rings. The Morgan fingerprint density at radius 2 is 2.00 bits per heavy atom. The fourth-order valence-corrected chi connectivity index (χ4v) is 2.85. The summed E-state index contributed by atoms with van der Waals surface area (Å²) in [7, 11) is 1.96. The largest absolute Gasteiger partial charge is 0.494 e. The first-order valence-electron chi connectivity index (χ1n) is 6.97. The lowest BCUT2D eigenvalue weighted by atomic mass is 9.96. The SMILES string of the molecule is CNCC(CCOc1cccc(Br)c1)c1cccc(Cl)c1. The van der Waals surface area contributed by atoms with E-state index in [0.29, 0.717) is 12.5 Å². The molecule has 0 aliphatic carbocycles. The van der Waals surface area contributed by atoms with Gasteiger partial charge in [-0.25, -0.2) is 0 Å². The van der Waals surface area contributed by atoms with Crippen LogP contribution in [0, 0.1) is 0 Å². The van der Waals surface area contributed by atoms with Crippen molar-refractivity contribution in [3.05, 3.63) is 63.6 Å². The first kappa shape index (κ1) is 16.3. The Labute approximate surface area is 139 Å². The topological polar surface area (TPSA) is 21.3 Å². The van der Waals surface area contributed by atoms with E-state index in [1.165, 1.54) is 5.56 Å². The third kappa shape index (κ3) is 5.34. The van der Waals surface area contributed by atoms with E-state index < -0.39 is 0 Å². The molecular formula is C17H19BrClNO. The molecule has 2 nitrogen and oxygen atoms in total. The van der Waals surface area contributed by atoms with Crippen LogP contribution in [-0.4, -0.2) is 20.2 Å². The molecule has 112 valence electrons. The summed E-state index contributed by atoms with van der Waals surface area (Å²) in [4.78, 5) is 0. The van der Waals surface area contributed by atoms with E-state index in [1.807, 2.05) is 49.5 Å². The number of ether oxygens (including phenoxy) is 1. The quantitative estimate of drug-likeness (QED) is 0.752. The summed E-state index contributed by atoms with van der Waals surface area (Å²) >= 11 is 9.53. The highest BCUT2D eigenvalue weighted by Gasteiger charge is 2.11. The number of hydrogen-bond acceptors (Lipinski definition) is 2. The monoisotopic (exact) mass is 367 g/mol. The highest BCUT2D eigenvalue weighted by molar-refractivity contribution is 9.10. The van der Waals surface area contributed by atoms with Crippen molar-refractivity contribution in [2.24, 2.45) is 0 Å². The van der Waals surface area contributed by atoms with Crippen LogP contribution < -0.4 is 10.1 Å². The summed E-state index contributed by atoms with van der Waals surface area (Å²) in [6, 6.07) is 16.0. The average Bonchev–Trinajstić information content (AvgIpc) is 2.46. The van der Waals surface area contributed by atoms with E-state index in [4.69, 9.17) is 16.3 Å². The second-order valence-corrected chi connectivity index (χ2v) is 6.26. The van der Waals surface area contributed by atoms with Crippen LogP contribution in [0.3, 0.4) is 0 Å². The van der Waals surface area contributed by atoms with Crippen LogP contribution in [0.15, 0.2) is 53.0 Å². The van der Waals surface area contributed by atoms with E-state index in [1.54, 1.807) is 0 Å². The van der Waals surface area contributed by atoms with Gasteiger partial charge < -0.3 is 10.1 Å². The molecule has 1 atom stereocenters.